The number of benzene rings is 2. The highest BCUT2D eigenvalue weighted by atomic mass is 19.1. The lowest BCUT2D eigenvalue weighted by Gasteiger charge is -2.61. The monoisotopic (exact) mass is 394 g/mol. The van der Waals surface area contributed by atoms with E-state index >= 15 is 0 Å². The Hall–Kier alpha value is -2.56. The van der Waals surface area contributed by atoms with E-state index in [1.165, 1.54) is 31.4 Å². The molecule has 4 nitrogen and oxygen atoms in total. The Labute approximate surface area is 171 Å². The first-order chi connectivity index (χ1) is 13.9. The average Bonchev–Trinajstić information content (AvgIpc) is 2.63. The van der Waals surface area contributed by atoms with Crippen molar-refractivity contribution in [2.24, 2.45) is 11.3 Å². The topological polar surface area (TPSA) is 41.6 Å². The Morgan fingerprint density at radius 1 is 1.24 bits per heavy atom. The fourth-order valence-electron chi connectivity index (χ4n) is 5.30. The number of rotatable bonds is 5. The summed E-state index contributed by atoms with van der Waals surface area (Å²) in [5.74, 6) is 1.62. The molecule has 2 aromatic rings. The van der Waals surface area contributed by atoms with Crippen molar-refractivity contribution in [3.05, 3.63) is 52.8 Å². The van der Waals surface area contributed by atoms with Crippen molar-refractivity contribution in [2.45, 2.75) is 46.1 Å². The van der Waals surface area contributed by atoms with Gasteiger partial charge in [-0.05, 0) is 73.8 Å². The zero-order valence-electron chi connectivity index (χ0n) is 17.1. The second-order valence-electron chi connectivity index (χ2n) is 9.14. The molecule has 2 bridgehead atoms. The Morgan fingerprint density at radius 3 is 2.62 bits per heavy atom. The van der Waals surface area contributed by atoms with Crippen LogP contribution in [0.2, 0.25) is 0 Å². The molecule has 3 aliphatic carbocycles. The summed E-state index contributed by atoms with van der Waals surface area (Å²) in [6.07, 6.45) is 4.31. The standard InChI is InChI=1S/C24H27FN2O2/c1-15-9-20-23(29-8-7-27(20)14-17-3-5-19(25)6-4-17)16(2)22(15)26-21(28)13-24-10-18(11-24)12-24/h3-6,9,18H,7-8,10-14H2,1-2H3,(H,26,28). The van der Waals surface area contributed by atoms with Crippen molar-refractivity contribution >= 4 is 17.3 Å². The van der Waals surface area contributed by atoms with Crippen LogP contribution in [0.3, 0.4) is 0 Å². The van der Waals surface area contributed by atoms with Crippen LogP contribution in [0, 0.1) is 31.0 Å². The molecule has 0 aromatic heterocycles. The highest BCUT2D eigenvalue weighted by molar-refractivity contribution is 5.94. The van der Waals surface area contributed by atoms with Crippen LogP contribution in [-0.4, -0.2) is 19.1 Å². The molecule has 1 aliphatic heterocycles. The molecule has 1 amide bonds. The Bertz CT molecular complexity index is 953. The van der Waals surface area contributed by atoms with Crippen LogP contribution in [-0.2, 0) is 11.3 Å². The Morgan fingerprint density at radius 2 is 1.97 bits per heavy atom. The van der Waals surface area contributed by atoms with Gasteiger partial charge in [-0.3, -0.25) is 4.79 Å². The van der Waals surface area contributed by atoms with Gasteiger partial charge in [-0.25, -0.2) is 4.39 Å². The number of halogens is 1. The predicted molar refractivity (Wildman–Crippen MR) is 112 cm³/mol. The van der Waals surface area contributed by atoms with Crippen molar-refractivity contribution < 1.29 is 13.9 Å². The van der Waals surface area contributed by atoms with Gasteiger partial charge in [0.1, 0.15) is 18.2 Å². The van der Waals surface area contributed by atoms with Gasteiger partial charge >= 0.3 is 0 Å². The molecule has 0 saturated heterocycles. The second-order valence-corrected chi connectivity index (χ2v) is 9.14. The van der Waals surface area contributed by atoms with E-state index in [0.29, 0.717) is 25.0 Å². The van der Waals surface area contributed by atoms with Gasteiger partial charge in [0.15, 0.2) is 0 Å². The first-order valence-corrected chi connectivity index (χ1v) is 10.5. The van der Waals surface area contributed by atoms with Crippen LogP contribution in [0.1, 0.15) is 42.4 Å². The van der Waals surface area contributed by atoms with Gasteiger partial charge in [0.2, 0.25) is 5.91 Å². The summed E-state index contributed by atoms with van der Waals surface area (Å²) in [5.41, 5.74) is 5.30. The molecule has 0 atom stereocenters. The van der Waals surface area contributed by atoms with Crippen LogP contribution >= 0.6 is 0 Å². The molecular formula is C24H27FN2O2. The van der Waals surface area contributed by atoms with Crippen molar-refractivity contribution in [1.29, 1.82) is 0 Å². The van der Waals surface area contributed by atoms with E-state index in [1.54, 1.807) is 0 Å². The minimum atomic E-state index is -0.220. The first kappa shape index (κ1) is 18.5. The summed E-state index contributed by atoms with van der Waals surface area (Å²) in [7, 11) is 0. The molecule has 29 heavy (non-hydrogen) atoms. The number of amides is 1. The summed E-state index contributed by atoms with van der Waals surface area (Å²) >= 11 is 0. The maximum atomic E-state index is 13.2. The molecule has 3 fully saturated rings. The number of fused-ring (bicyclic) bond motifs is 1. The van der Waals surface area contributed by atoms with E-state index in [2.05, 4.69) is 16.3 Å². The zero-order chi connectivity index (χ0) is 20.2. The SMILES string of the molecule is Cc1cc2c(c(C)c1NC(=O)CC13CC(C1)C3)OCCN2Cc1ccc(F)cc1. The number of hydrogen-bond acceptors (Lipinski definition) is 3. The highest BCUT2D eigenvalue weighted by Crippen LogP contribution is 2.66. The van der Waals surface area contributed by atoms with Gasteiger partial charge in [-0.2, -0.15) is 0 Å². The van der Waals surface area contributed by atoms with E-state index in [0.717, 1.165) is 46.3 Å². The van der Waals surface area contributed by atoms with Crippen LogP contribution in [0.4, 0.5) is 15.8 Å². The summed E-state index contributed by atoms with van der Waals surface area (Å²) in [5, 5.41) is 3.17. The van der Waals surface area contributed by atoms with Gasteiger partial charge in [0, 0.05) is 18.5 Å². The number of anilines is 2. The smallest absolute Gasteiger partial charge is 0.224 e. The molecule has 4 aliphatic rings. The van der Waals surface area contributed by atoms with Crippen LogP contribution in [0.25, 0.3) is 0 Å². The van der Waals surface area contributed by atoms with Crippen LogP contribution < -0.4 is 15.0 Å². The summed E-state index contributed by atoms with van der Waals surface area (Å²) in [6.45, 7) is 6.12. The predicted octanol–water partition coefficient (Wildman–Crippen LogP) is 4.97. The van der Waals surface area contributed by atoms with Gasteiger partial charge in [0.05, 0.1) is 17.9 Å². The molecule has 1 heterocycles. The van der Waals surface area contributed by atoms with E-state index in [1.807, 2.05) is 26.0 Å². The lowest BCUT2D eigenvalue weighted by atomic mass is 9.43. The highest BCUT2D eigenvalue weighted by Gasteiger charge is 2.56. The van der Waals surface area contributed by atoms with E-state index in [9.17, 15) is 9.18 Å². The summed E-state index contributed by atoms with van der Waals surface area (Å²) in [4.78, 5) is 14.9. The van der Waals surface area contributed by atoms with Crippen LogP contribution in [0.15, 0.2) is 30.3 Å². The minimum absolute atomic E-state index is 0.119. The normalized spacial score (nSPS) is 24.1. The van der Waals surface area contributed by atoms with Crippen LogP contribution in [0.5, 0.6) is 5.75 Å². The molecule has 0 unspecified atom stereocenters. The zero-order valence-corrected chi connectivity index (χ0v) is 17.1. The largest absolute Gasteiger partial charge is 0.489 e. The maximum Gasteiger partial charge on any atom is 0.224 e. The van der Waals surface area contributed by atoms with Crippen molar-refractivity contribution in [3.8, 4) is 5.75 Å². The number of nitrogens with zero attached hydrogens (tertiary/aromatic N) is 1. The quantitative estimate of drug-likeness (QED) is 0.778. The molecule has 1 N–H and O–H groups in total. The number of carbonyl (C=O) groups is 1. The van der Waals surface area contributed by atoms with Gasteiger partial charge in [-0.15, -0.1) is 0 Å². The van der Waals surface area contributed by atoms with Crippen molar-refractivity contribution in [3.63, 3.8) is 0 Å². The molecule has 152 valence electrons. The van der Waals surface area contributed by atoms with E-state index < -0.39 is 0 Å². The van der Waals surface area contributed by atoms with Crippen molar-refractivity contribution in [1.82, 2.24) is 0 Å². The van der Waals surface area contributed by atoms with E-state index in [-0.39, 0.29) is 11.7 Å². The molecule has 0 radical (unpaired) electrons. The lowest BCUT2D eigenvalue weighted by Crippen LogP contribution is -2.53. The summed E-state index contributed by atoms with van der Waals surface area (Å²) in [6, 6.07) is 8.74. The number of ether oxygens (including phenoxy) is 1. The van der Waals surface area contributed by atoms with Crippen molar-refractivity contribution in [2.75, 3.05) is 23.4 Å². The molecule has 0 spiro atoms. The van der Waals surface area contributed by atoms with Gasteiger partial charge in [-0.1, -0.05) is 12.1 Å². The minimum Gasteiger partial charge on any atom is -0.489 e. The first-order valence-electron chi connectivity index (χ1n) is 10.5. The summed E-state index contributed by atoms with van der Waals surface area (Å²) < 4.78 is 19.2. The molecular weight excluding hydrogens is 367 g/mol. The number of nitrogens with one attached hydrogen (secondary N) is 1. The second kappa shape index (κ2) is 6.75. The fraction of sp³-hybridized carbons (Fsp3) is 0.458. The third-order valence-corrected chi connectivity index (χ3v) is 6.90. The molecule has 6 rings (SSSR count). The molecule has 3 saturated carbocycles. The third-order valence-electron chi connectivity index (χ3n) is 6.90. The Balaban J connectivity index is 1.37. The molecule has 5 heteroatoms. The lowest BCUT2D eigenvalue weighted by molar-refractivity contribution is -0.139. The third kappa shape index (κ3) is 3.26. The average molecular weight is 394 g/mol. The number of hydrogen-bond donors (Lipinski definition) is 1. The molecule has 2 aromatic carbocycles. The Kier molecular flexibility index (Phi) is 4.30. The van der Waals surface area contributed by atoms with Gasteiger partial charge in [0.25, 0.3) is 0 Å². The van der Waals surface area contributed by atoms with E-state index in [4.69, 9.17) is 4.74 Å². The maximum absolute atomic E-state index is 13.2. The number of aryl methyl sites for hydroxylation is 1. The fourth-order valence-corrected chi connectivity index (χ4v) is 5.30. The van der Waals surface area contributed by atoms with Gasteiger partial charge < -0.3 is 15.0 Å². The number of carbonyl (C=O) groups excluding carboxylic acids is 1.